The van der Waals surface area contributed by atoms with Gasteiger partial charge in [0.05, 0.1) is 6.54 Å². The molecule has 0 aromatic heterocycles. The van der Waals surface area contributed by atoms with E-state index in [2.05, 4.69) is 33.5 Å². The fraction of sp³-hybridized carbons (Fsp3) is 0.533. The maximum absolute atomic E-state index is 11.8. The van der Waals surface area contributed by atoms with Crippen LogP contribution in [0.25, 0.3) is 0 Å². The van der Waals surface area contributed by atoms with Crippen molar-refractivity contribution in [1.29, 1.82) is 0 Å². The van der Waals surface area contributed by atoms with Gasteiger partial charge in [0.1, 0.15) is 0 Å². The summed E-state index contributed by atoms with van der Waals surface area (Å²) >= 11 is 3.54. The van der Waals surface area contributed by atoms with Crippen molar-refractivity contribution in [2.75, 3.05) is 11.9 Å². The summed E-state index contributed by atoms with van der Waals surface area (Å²) in [6.07, 6.45) is 0.912. The minimum atomic E-state index is -0.148. The molecule has 0 saturated carbocycles. The quantitative estimate of drug-likeness (QED) is 0.864. The van der Waals surface area contributed by atoms with Gasteiger partial charge in [-0.15, -0.1) is 0 Å². The van der Waals surface area contributed by atoms with Crippen molar-refractivity contribution in [3.8, 4) is 0 Å². The molecular weight excluding hydrogens is 304 g/mol. The van der Waals surface area contributed by atoms with Gasteiger partial charge in [0.25, 0.3) is 0 Å². The molecule has 0 saturated heterocycles. The van der Waals surface area contributed by atoms with Crippen LogP contribution in [0.5, 0.6) is 0 Å². The molecule has 0 bridgehead atoms. The molecule has 2 N–H and O–H groups in total. The van der Waals surface area contributed by atoms with Crippen LogP contribution in [0.15, 0.2) is 16.6 Å². The minimum Gasteiger partial charge on any atom is -0.376 e. The van der Waals surface area contributed by atoms with Crippen LogP contribution in [-0.4, -0.2) is 18.0 Å². The van der Waals surface area contributed by atoms with Crippen molar-refractivity contribution in [3.05, 3.63) is 27.7 Å². The molecule has 0 radical (unpaired) electrons. The van der Waals surface area contributed by atoms with E-state index in [4.69, 9.17) is 0 Å². The molecule has 0 fully saturated rings. The smallest absolute Gasteiger partial charge is 0.239 e. The second kappa shape index (κ2) is 6.42. The van der Waals surface area contributed by atoms with Gasteiger partial charge in [0.15, 0.2) is 0 Å². The number of hydrogen-bond acceptors (Lipinski definition) is 2. The van der Waals surface area contributed by atoms with E-state index in [-0.39, 0.29) is 11.4 Å². The maximum Gasteiger partial charge on any atom is 0.239 e. The largest absolute Gasteiger partial charge is 0.376 e. The molecule has 19 heavy (non-hydrogen) atoms. The zero-order chi connectivity index (χ0) is 14.6. The van der Waals surface area contributed by atoms with Crippen molar-refractivity contribution >= 4 is 27.5 Å². The van der Waals surface area contributed by atoms with E-state index in [1.165, 1.54) is 0 Å². The highest BCUT2D eigenvalue weighted by Crippen LogP contribution is 2.24. The number of benzene rings is 1. The number of carbonyl (C=O) groups is 1. The first kappa shape index (κ1) is 16.0. The van der Waals surface area contributed by atoms with Gasteiger partial charge in [-0.25, -0.2) is 0 Å². The molecule has 0 heterocycles. The summed E-state index contributed by atoms with van der Waals surface area (Å²) in [6.45, 7) is 10.5. The van der Waals surface area contributed by atoms with Crippen LogP contribution in [0.4, 0.5) is 5.69 Å². The number of aryl methyl sites for hydroxylation is 2. The molecule has 1 aromatic carbocycles. The Bertz CT molecular complexity index is 446. The van der Waals surface area contributed by atoms with Crippen molar-refractivity contribution in [1.82, 2.24) is 5.32 Å². The Hall–Kier alpha value is -1.03. The summed E-state index contributed by atoms with van der Waals surface area (Å²) in [5.41, 5.74) is 3.15. The average Bonchev–Trinajstić information content (AvgIpc) is 2.32. The number of halogens is 1. The molecule has 106 valence electrons. The molecule has 0 spiro atoms. The first-order chi connectivity index (χ1) is 8.75. The monoisotopic (exact) mass is 326 g/mol. The van der Waals surface area contributed by atoms with Gasteiger partial charge < -0.3 is 10.6 Å². The summed E-state index contributed by atoms with van der Waals surface area (Å²) in [5.74, 6) is 0.0186. The summed E-state index contributed by atoms with van der Waals surface area (Å²) in [7, 11) is 0. The van der Waals surface area contributed by atoms with E-state index in [1.807, 2.05) is 39.8 Å². The van der Waals surface area contributed by atoms with E-state index in [0.29, 0.717) is 6.54 Å². The molecular formula is C15H23BrN2O. The number of hydrogen-bond donors (Lipinski definition) is 2. The predicted octanol–water partition coefficient (Wildman–Crippen LogP) is 3.78. The molecule has 1 amide bonds. The fourth-order valence-electron chi connectivity index (χ4n) is 1.74. The molecule has 3 nitrogen and oxygen atoms in total. The standard InChI is InChI=1S/C15H23BrN2O/c1-6-15(4,5)18-13(19)9-17-12-7-10(2)14(16)11(3)8-12/h7-8,17H,6,9H2,1-5H3,(H,18,19). The zero-order valence-corrected chi connectivity index (χ0v) is 13.9. The van der Waals surface area contributed by atoms with E-state index >= 15 is 0 Å². The molecule has 4 heteroatoms. The molecule has 0 aliphatic heterocycles. The van der Waals surface area contributed by atoms with Gasteiger partial charge in [-0.2, -0.15) is 0 Å². The third-order valence-electron chi connectivity index (χ3n) is 3.25. The lowest BCUT2D eigenvalue weighted by atomic mass is 10.0. The van der Waals surface area contributed by atoms with Gasteiger partial charge in [-0.1, -0.05) is 22.9 Å². The molecule has 0 atom stereocenters. The van der Waals surface area contributed by atoms with Crippen molar-refractivity contribution in [2.45, 2.75) is 46.6 Å². The van der Waals surface area contributed by atoms with Crippen LogP contribution < -0.4 is 10.6 Å². The van der Waals surface area contributed by atoms with Crippen LogP contribution in [0.2, 0.25) is 0 Å². The first-order valence-electron chi connectivity index (χ1n) is 6.57. The topological polar surface area (TPSA) is 41.1 Å². The van der Waals surface area contributed by atoms with E-state index in [1.54, 1.807) is 0 Å². The SMILES string of the molecule is CCC(C)(C)NC(=O)CNc1cc(C)c(Br)c(C)c1. The van der Waals surface area contributed by atoms with E-state index in [0.717, 1.165) is 27.7 Å². The molecule has 0 aliphatic rings. The van der Waals surface area contributed by atoms with Crippen molar-refractivity contribution in [3.63, 3.8) is 0 Å². The van der Waals surface area contributed by atoms with Crippen LogP contribution >= 0.6 is 15.9 Å². The summed E-state index contributed by atoms with van der Waals surface area (Å²) in [6, 6.07) is 4.07. The minimum absolute atomic E-state index is 0.0186. The maximum atomic E-state index is 11.8. The lowest BCUT2D eigenvalue weighted by molar-refractivity contribution is -0.121. The van der Waals surface area contributed by atoms with Gasteiger partial charge in [0, 0.05) is 15.7 Å². The highest BCUT2D eigenvalue weighted by molar-refractivity contribution is 9.10. The normalized spacial score (nSPS) is 11.3. The molecule has 1 aromatic rings. The van der Waals surface area contributed by atoms with Gasteiger partial charge >= 0.3 is 0 Å². The Kier molecular flexibility index (Phi) is 5.41. The third kappa shape index (κ3) is 4.86. The zero-order valence-electron chi connectivity index (χ0n) is 12.4. The van der Waals surface area contributed by atoms with Crippen molar-refractivity contribution in [2.24, 2.45) is 0 Å². The Morgan fingerprint density at radius 2 is 1.79 bits per heavy atom. The number of carbonyl (C=O) groups excluding carboxylic acids is 1. The van der Waals surface area contributed by atoms with Crippen LogP contribution in [0, 0.1) is 13.8 Å². The second-order valence-corrected chi connectivity index (χ2v) is 6.36. The number of rotatable bonds is 5. The summed E-state index contributed by atoms with van der Waals surface area (Å²) in [4.78, 5) is 11.8. The lowest BCUT2D eigenvalue weighted by Crippen LogP contribution is -2.45. The number of nitrogens with one attached hydrogen (secondary N) is 2. The number of amides is 1. The highest BCUT2D eigenvalue weighted by atomic mass is 79.9. The number of anilines is 1. The van der Waals surface area contributed by atoms with E-state index < -0.39 is 0 Å². The lowest BCUT2D eigenvalue weighted by Gasteiger charge is -2.24. The summed E-state index contributed by atoms with van der Waals surface area (Å²) in [5, 5.41) is 6.17. The second-order valence-electron chi connectivity index (χ2n) is 5.56. The fourth-order valence-corrected chi connectivity index (χ4v) is 1.97. The van der Waals surface area contributed by atoms with Crippen LogP contribution in [0.3, 0.4) is 0 Å². The highest BCUT2D eigenvalue weighted by Gasteiger charge is 2.17. The Morgan fingerprint density at radius 1 is 1.26 bits per heavy atom. The van der Waals surface area contributed by atoms with E-state index in [9.17, 15) is 4.79 Å². The van der Waals surface area contributed by atoms with Crippen LogP contribution in [0.1, 0.15) is 38.3 Å². The summed E-state index contributed by atoms with van der Waals surface area (Å²) < 4.78 is 1.12. The molecule has 1 rings (SSSR count). The van der Waals surface area contributed by atoms with Gasteiger partial charge in [-0.05, 0) is 57.4 Å². The Balaban J connectivity index is 2.60. The Morgan fingerprint density at radius 3 is 2.26 bits per heavy atom. The first-order valence-corrected chi connectivity index (χ1v) is 7.36. The molecule has 0 aliphatic carbocycles. The molecule has 0 unspecified atom stereocenters. The van der Waals surface area contributed by atoms with Crippen LogP contribution in [-0.2, 0) is 4.79 Å². The van der Waals surface area contributed by atoms with Crippen molar-refractivity contribution < 1.29 is 4.79 Å². The van der Waals surface area contributed by atoms with Gasteiger partial charge in [-0.3, -0.25) is 4.79 Å². The van der Waals surface area contributed by atoms with Gasteiger partial charge in [0.2, 0.25) is 5.91 Å². The third-order valence-corrected chi connectivity index (χ3v) is 4.50. The predicted molar refractivity (Wildman–Crippen MR) is 84.6 cm³/mol. The Labute approximate surface area is 124 Å². The average molecular weight is 327 g/mol.